The molecule has 0 aromatic rings. The van der Waals surface area contributed by atoms with Crippen molar-refractivity contribution in [3.05, 3.63) is 11.6 Å². The van der Waals surface area contributed by atoms with Gasteiger partial charge in [0.05, 0.1) is 11.2 Å². The van der Waals surface area contributed by atoms with Crippen molar-refractivity contribution in [2.24, 2.45) is 11.8 Å². The van der Waals surface area contributed by atoms with Crippen molar-refractivity contribution in [3.63, 3.8) is 0 Å². The molecule has 1 nitrogen and oxygen atoms in total. The summed E-state index contributed by atoms with van der Waals surface area (Å²) in [6.07, 6.45) is 13.2. The number of rotatable bonds is 3. The Bertz CT molecular complexity index is 355. The van der Waals surface area contributed by atoms with E-state index in [-0.39, 0.29) is 11.2 Å². The molecule has 0 radical (unpaired) electrons. The third-order valence-electron chi connectivity index (χ3n) is 5.75. The van der Waals surface area contributed by atoms with Crippen molar-refractivity contribution in [1.29, 1.82) is 0 Å². The largest absolute Gasteiger partial charge is 0.364 e. The van der Waals surface area contributed by atoms with Gasteiger partial charge in [-0.15, -0.1) is 0 Å². The second kappa shape index (κ2) is 4.37. The van der Waals surface area contributed by atoms with Crippen LogP contribution >= 0.6 is 0 Å². The van der Waals surface area contributed by atoms with Crippen LogP contribution in [0.15, 0.2) is 11.6 Å². The van der Waals surface area contributed by atoms with Crippen LogP contribution in [0, 0.1) is 11.8 Å². The Morgan fingerprint density at radius 3 is 2.78 bits per heavy atom. The topological polar surface area (TPSA) is 9.23 Å². The molecule has 2 aliphatic carbocycles. The maximum absolute atomic E-state index is 6.71. The van der Waals surface area contributed by atoms with Crippen LogP contribution in [0.25, 0.3) is 0 Å². The molecule has 1 spiro atoms. The zero-order valence-corrected chi connectivity index (χ0v) is 12.3. The van der Waals surface area contributed by atoms with Crippen LogP contribution in [0.1, 0.15) is 72.1 Å². The lowest BCUT2D eigenvalue weighted by Crippen LogP contribution is -2.44. The predicted octanol–water partition coefficient (Wildman–Crippen LogP) is 4.86. The van der Waals surface area contributed by atoms with E-state index in [1.165, 1.54) is 51.4 Å². The lowest BCUT2D eigenvalue weighted by atomic mass is 9.63. The molecule has 3 aliphatic rings. The molecule has 1 heteroatoms. The van der Waals surface area contributed by atoms with Crippen molar-refractivity contribution in [2.45, 2.75) is 83.3 Å². The van der Waals surface area contributed by atoms with Gasteiger partial charge in [0.2, 0.25) is 0 Å². The SMILES string of the molecule is CCCCC1=CCCC2CCC3CC12OC3(C)C. The maximum Gasteiger partial charge on any atom is 0.0930 e. The summed E-state index contributed by atoms with van der Waals surface area (Å²) < 4.78 is 6.71. The van der Waals surface area contributed by atoms with Gasteiger partial charge in [0.15, 0.2) is 0 Å². The number of ether oxygens (including phenoxy) is 1. The summed E-state index contributed by atoms with van der Waals surface area (Å²) >= 11 is 0. The Labute approximate surface area is 112 Å². The lowest BCUT2D eigenvalue weighted by molar-refractivity contribution is -0.0978. The summed E-state index contributed by atoms with van der Waals surface area (Å²) in [4.78, 5) is 0. The molecule has 3 atom stereocenters. The normalized spacial score (nSPS) is 41.4. The van der Waals surface area contributed by atoms with E-state index in [0.29, 0.717) is 0 Å². The summed E-state index contributed by atoms with van der Waals surface area (Å²) in [6, 6.07) is 0. The average Bonchev–Trinajstić information content (AvgIpc) is 2.54. The Morgan fingerprint density at radius 1 is 1.22 bits per heavy atom. The van der Waals surface area contributed by atoms with Gasteiger partial charge in [-0.3, -0.25) is 0 Å². The molecule has 102 valence electrons. The highest BCUT2D eigenvalue weighted by molar-refractivity contribution is 5.28. The van der Waals surface area contributed by atoms with Gasteiger partial charge in [0.1, 0.15) is 0 Å². The van der Waals surface area contributed by atoms with Gasteiger partial charge in [-0.25, -0.2) is 0 Å². The fourth-order valence-corrected chi connectivity index (χ4v) is 4.69. The van der Waals surface area contributed by atoms with Crippen molar-refractivity contribution < 1.29 is 4.74 Å². The first-order valence-electron chi connectivity index (χ1n) is 7.98. The van der Waals surface area contributed by atoms with E-state index in [4.69, 9.17) is 4.74 Å². The van der Waals surface area contributed by atoms with Gasteiger partial charge in [0.25, 0.3) is 0 Å². The van der Waals surface area contributed by atoms with Gasteiger partial charge < -0.3 is 4.74 Å². The smallest absolute Gasteiger partial charge is 0.0930 e. The third kappa shape index (κ3) is 1.78. The summed E-state index contributed by atoms with van der Waals surface area (Å²) in [6.45, 7) is 6.93. The minimum atomic E-state index is 0.109. The highest BCUT2D eigenvalue weighted by Crippen LogP contribution is 2.59. The van der Waals surface area contributed by atoms with Gasteiger partial charge in [-0.05, 0) is 76.2 Å². The molecule has 1 saturated heterocycles. The molecular formula is C17H28O. The monoisotopic (exact) mass is 248 g/mol. The molecule has 0 amide bonds. The van der Waals surface area contributed by atoms with Crippen LogP contribution < -0.4 is 0 Å². The number of fused-ring (bicyclic) bond motifs is 1. The standard InChI is InChI=1S/C17H28O/c1-4-5-7-13-8-6-9-14-10-11-15-12-17(13,14)18-16(15,2)3/h8,14-15H,4-7,9-12H2,1-3H3. The van der Waals surface area contributed by atoms with E-state index in [2.05, 4.69) is 26.8 Å². The fraction of sp³-hybridized carbons (Fsp3) is 0.882. The van der Waals surface area contributed by atoms with E-state index in [1.807, 2.05) is 0 Å². The highest BCUT2D eigenvalue weighted by atomic mass is 16.5. The van der Waals surface area contributed by atoms with Crippen LogP contribution in [0.4, 0.5) is 0 Å². The Hall–Kier alpha value is -0.300. The molecule has 1 aliphatic heterocycles. The van der Waals surface area contributed by atoms with Crippen LogP contribution in [0.2, 0.25) is 0 Å². The molecule has 1 saturated carbocycles. The number of allylic oxidation sites excluding steroid dienone is 1. The molecule has 3 rings (SSSR count). The summed E-state index contributed by atoms with van der Waals surface area (Å²) in [7, 11) is 0. The van der Waals surface area contributed by atoms with Crippen molar-refractivity contribution in [3.8, 4) is 0 Å². The van der Waals surface area contributed by atoms with Gasteiger partial charge in [-0.2, -0.15) is 0 Å². The highest BCUT2D eigenvalue weighted by Gasteiger charge is 2.59. The van der Waals surface area contributed by atoms with Crippen molar-refractivity contribution in [1.82, 2.24) is 0 Å². The minimum absolute atomic E-state index is 0.109. The van der Waals surface area contributed by atoms with Crippen LogP contribution in [-0.2, 0) is 4.74 Å². The zero-order valence-electron chi connectivity index (χ0n) is 12.3. The Morgan fingerprint density at radius 2 is 2.00 bits per heavy atom. The second-order valence-electron chi connectivity index (χ2n) is 7.18. The number of unbranched alkanes of at least 4 members (excludes halogenated alkanes) is 1. The average molecular weight is 248 g/mol. The van der Waals surface area contributed by atoms with Gasteiger partial charge >= 0.3 is 0 Å². The van der Waals surface area contributed by atoms with Crippen molar-refractivity contribution >= 4 is 0 Å². The first-order valence-corrected chi connectivity index (χ1v) is 7.98. The first-order chi connectivity index (χ1) is 8.58. The van der Waals surface area contributed by atoms with E-state index in [0.717, 1.165) is 11.8 Å². The summed E-state index contributed by atoms with van der Waals surface area (Å²) in [5.74, 6) is 1.60. The minimum Gasteiger partial charge on any atom is -0.364 e. The lowest BCUT2D eigenvalue weighted by Gasteiger charge is -2.44. The molecule has 3 unspecified atom stereocenters. The van der Waals surface area contributed by atoms with Crippen LogP contribution in [0.3, 0.4) is 0 Å². The van der Waals surface area contributed by atoms with E-state index in [1.54, 1.807) is 5.57 Å². The van der Waals surface area contributed by atoms with E-state index in [9.17, 15) is 0 Å². The van der Waals surface area contributed by atoms with E-state index < -0.39 is 0 Å². The maximum atomic E-state index is 6.71. The summed E-state index contributed by atoms with van der Waals surface area (Å²) in [5, 5.41) is 0. The third-order valence-corrected chi connectivity index (χ3v) is 5.75. The second-order valence-corrected chi connectivity index (χ2v) is 7.18. The predicted molar refractivity (Wildman–Crippen MR) is 75.6 cm³/mol. The molecule has 0 aromatic heterocycles. The van der Waals surface area contributed by atoms with Crippen LogP contribution in [0.5, 0.6) is 0 Å². The molecule has 1 heterocycles. The molecule has 18 heavy (non-hydrogen) atoms. The van der Waals surface area contributed by atoms with E-state index >= 15 is 0 Å². The quantitative estimate of drug-likeness (QED) is 0.648. The number of hydrogen-bond acceptors (Lipinski definition) is 1. The molecule has 0 aromatic carbocycles. The fourth-order valence-electron chi connectivity index (χ4n) is 4.69. The molecule has 2 fully saturated rings. The van der Waals surface area contributed by atoms with Crippen molar-refractivity contribution in [2.75, 3.05) is 0 Å². The molecule has 0 N–H and O–H groups in total. The first kappa shape index (κ1) is 12.7. The zero-order chi connectivity index (χ0) is 12.8. The van der Waals surface area contributed by atoms with Gasteiger partial charge in [0, 0.05) is 0 Å². The molecule has 2 bridgehead atoms. The Balaban J connectivity index is 1.91. The van der Waals surface area contributed by atoms with Gasteiger partial charge in [-0.1, -0.05) is 19.4 Å². The molecular weight excluding hydrogens is 220 g/mol. The number of hydrogen-bond donors (Lipinski definition) is 0. The Kier molecular flexibility index (Phi) is 3.09. The van der Waals surface area contributed by atoms with Crippen LogP contribution in [-0.4, -0.2) is 11.2 Å². The summed E-state index contributed by atoms with van der Waals surface area (Å²) in [5.41, 5.74) is 1.92.